The Kier molecular flexibility index (Phi) is 9.10. The molecule has 0 aliphatic heterocycles. The third-order valence-electron chi connectivity index (χ3n) is 4.25. The van der Waals surface area contributed by atoms with Crippen LogP contribution in [-0.4, -0.2) is 35.1 Å². The highest BCUT2D eigenvalue weighted by Crippen LogP contribution is 2.11. The lowest BCUT2D eigenvalue weighted by Gasteiger charge is -2.11. The van der Waals surface area contributed by atoms with Crippen LogP contribution in [0.25, 0.3) is 11.0 Å². The fourth-order valence-electron chi connectivity index (χ4n) is 2.93. The summed E-state index contributed by atoms with van der Waals surface area (Å²) >= 11 is 0. The van der Waals surface area contributed by atoms with Crippen molar-refractivity contribution in [2.75, 3.05) is 19.6 Å². The van der Waals surface area contributed by atoms with E-state index in [9.17, 15) is 0 Å². The van der Waals surface area contributed by atoms with Gasteiger partial charge in [0, 0.05) is 26.2 Å². The lowest BCUT2D eigenvalue weighted by molar-refractivity contribution is 0.661. The number of benzene rings is 2. The average molecular weight is 477 g/mol. The Morgan fingerprint density at radius 1 is 1.04 bits per heavy atom. The molecule has 0 fully saturated rings. The molecule has 3 aromatic rings. The molecule has 0 saturated carbocycles. The molecule has 2 N–H and O–H groups in total. The van der Waals surface area contributed by atoms with Crippen molar-refractivity contribution in [3.05, 3.63) is 66.5 Å². The van der Waals surface area contributed by atoms with Crippen LogP contribution in [0.5, 0.6) is 0 Å². The van der Waals surface area contributed by atoms with Gasteiger partial charge in [-0.2, -0.15) is 0 Å². The van der Waals surface area contributed by atoms with Crippen LogP contribution in [0.4, 0.5) is 0 Å². The van der Waals surface area contributed by atoms with E-state index in [2.05, 4.69) is 68.5 Å². The van der Waals surface area contributed by atoms with Crippen molar-refractivity contribution < 1.29 is 0 Å². The van der Waals surface area contributed by atoms with Crippen molar-refractivity contribution in [3.63, 3.8) is 0 Å². The van der Waals surface area contributed by atoms with Gasteiger partial charge in [0.2, 0.25) is 0 Å². The smallest absolute Gasteiger partial charge is 0.191 e. The van der Waals surface area contributed by atoms with Gasteiger partial charge in [-0.1, -0.05) is 42.5 Å². The van der Waals surface area contributed by atoms with E-state index < -0.39 is 0 Å². The largest absolute Gasteiger partial charge is 0.357 e. The van der Waals surface area contributed by atoms with Gasteiger partial charge < -0.3 is 15.2 Å². The van der Waals surface area contributed by atoms with Gasteiger partial charge in [0.05, 0.1) is 17.4 Å². The molecule has 0 spiro atoms. The summed E-state index contributed by atoms with van der Waals surface area (Å²) in [4.78, 5) is 9.12. The Labute approximate surface area is 178 Å². The van der Waals surface area contributed by atoms with Crippen LogP contribution in [0.15, 0.2) is 65.9 Å². The number of halogens is 1. The number of para-hydroxylation sites is 2. The second kappa shape index (κ2) is 11.6. The number of aliphatic imine (C=N–C) groups is 1. The maximum atomic E-state index is 4.68. The highest BCUT2D eigenvalue weighted by molar-refractivity contribution is 14.0. The molecule has 2 aromatic carbocycles. The van der Waals surface area contributed by atoms with Gasteiger partial charge in [-0.05, 0) is 37.5 Å². The first-order valence-electron chi connectivity index (χ1n) is 9.33. The molecule has 27 heavy (non-hydrogen) atoms. The SMILES string of the molecule is CCNC(=NCCCn1cnc2ccccc21)NCCc1ccccc1.I. The van der Waals surface area contributed by atoms with Crippen LogP contribution in [0.1, 0.15) is 18.9 Å². The second-order valence-electron chi connectivity index (χ2n) is 6.20. The number of nitrogens with one attached hydrogen (secondary N) is 2. The van der Waals surface area contributed by atoms with Crippen molar-refractivity contribution in [1.29, 1.82) is 0 Å². The summed E-state index contributed by atoms with van der Waals surface area (Å²) < 4.78 is 2.20. The Balaban J connectivity index is 0.00000261. The minimum atomic E-state index is 0. The van der Waals surface area contributed by atoms with E-state index in [-0.39, 0.29) is 24.0 Å². The lowest BCUT2D eigenvalue weighted by Crippen LogP contribution is -2.38. The highest BCUT2D eigenvalue weighted by Gasteiger charge is 2.01. The number of fused-ring (bicyclic) bond motifs is 1. The Morgan fingerprint density at radius 3 is 2.63 bits per heavy atom. The maximum Gasteiger partial charge on any atom is 0.191 e. The highest BCUT2D eigenvalue weighted by atomic mass is 127. The van der Waals surface area contributed by atoms with Crippen molar-refractivity contribution >= 4 is 41.0 Å². The van der Waals surface area contributed by atoms with Crippen LogP contribution < -0.4 is 10.6 Å². The van der Waals surface area contributed by atoms with Crippen molar-refractivity contribution in [1.82, 2.24) is 20.2 Å². The van der Waals surface area contributed by atoms with Crippen LogP contribution in [0, 0.1) is 0 Å². The van der Waals surface area contributed by atoms with Gasteiger partial charge in [-0.25, -0.2) is 4.98 Å². The third kappa shape index (κ3) is 6.53. The first-order chi connectivity index (χ1) is 12.9. The molecular weight excluding hydrogens is 449 g/mol. The van der Waals surface area contributed by atoms with E-state index in [1.807, 2.05) is 24.5 Å². The van der Waals surface area contributed by atoms with E-state index >= 15 is 0 Å². The van der Waals surface area contributed by atoms with E-state index in [0.717, 1.165) is 50.5 Å². The number of rotatable bonds is 8. The lowest BCUT2D eigenvalue weighted by atomic mass is 10.1. The molecule has 0 unspecified atom stereocenters. The number of hydrogen-bond donors (Lipinski definition) is 2. The molecule has 0 aliphatic rings. The second-order valence-corrected chi connectivity index (χ2v) is 6.20. The van der Waals surface area contributed by atoms with Gasteiger partial charge in [0.1, 0.15) is 0 Å². The van der Waals surface area contributed by atoms with E-state index in [4.69, 9.17) is 0 Å². The predicted octanol–water partition coefficient (Wildman–Crippen LogP) is 3.84. The molecule has 0 aliphatic carbocycles. The van der Waals surface area contributed by atoms with E-state index in [0.29, 0.717) is 0 Å². The summed E-state index contributed by atoms with van der Waals surface area (Å²) in [6.45, 7) is 5.54. The number of nitrogens with zero attached hydrogens (tertiary/aromatic N) is 3. The van der Waals surface area contributed by atoms with Gasteiger partial charge in [-0.15, -0.1) is 24.0 Å². The number of aryl methyl sites for hydroxylation is 1. The van der Waals surface area contributed by atoms with E-state index in [1.54, 1.807) is 0 Å². The molecule has 0 saturated heterocycles. The number of guanidine groups is 1. The van der Waals surface area contributed by atoms with Crippen molar-refractivity contribution in [2.45, 2.75) is 26.3 Å². The molecule has 5 nitrogen and oxygen atoms in total. The minimum absolute atomic E-state index is 0. The van der Waals surface area contributed by atoms with Crippen LogP contribution >= 0.6 is 24.0 Å². The summed E-state index contributed by atoms with van der Waals surface area (Å²) in [6, 6.07) is 18.7. The van der Waals surface area contributed by atoms with Gasteiger partial charge in [0.15, 0.2) is 5.96 Å². The first-order valence-corrected chi connectivity index (χ1v) is 9.33. The summed E-state index contributed by atoms with van der Waals surface area (Å²) in [7, 11) is 0. The number of imidazole rings is 1. The van der Waals surface area contributed by atoms with Crippen molar-refractivity contribution in [2.24, 2.45) is 4.99 Å². The molecule has 0 atom stereocenters. The molecule has 0 radical (unpaired) electrons. The minimum Gasteiger partial charge on any atom is -0.357 e. The van der Waals surface area contributed by atoms with Gasteiger partial charge in [-0.3, -0.25) is 4.99 Å². The van der Waals surface area contributed by atoms with Crippen LogP contribution in [-0.2, 0) is 13.0 Å². The third-order valence-corrected chi connectivity index (χ3v) is 4.25. The topological polar surface area (TPSA) is 54.2 Å². The van der Waals surface area contributed by atoms with Crippen molar-refractivity contribution in [3.8, 4) is 0 Å². The molecule has 1 heterocycles. The van der Waals surface area contributed by atoms with Gasteiger partial charge in [0.25, 0.3) is 0 Å². The first kappa shape index (κ1) is 21.2. The zero-order valence-corrected chi connectivity index (χ0v) is 18.1. The molecule has 3 rings (SSSR count). The normalized spacial score (nSPS) is 11.2. The summed E-state index contributed by atoms with van der Waals surface area (Å²) in [6.07, 6.45) is 3.89. The maximum absolute atomic E-state index is 4.68. The predicted molar refractivity (Wildman–Crippen MR) is 124 cm³/mol. The molecule has 0 bridgehead atoms. The molecule has 144 valence electrons. The number of hydrogen-bond acceptors (Lipinski definition) is 2. The monoisotopic (exact) mass is 477 g/mol. The average Bonchev–Trinajstić information content (AvgIpc) is 3.09. The van der Waals surface area contributed by atoms with Crippen LogP contribution in [0.3, 0.4) is 0 Å². The summed E-state index contributed by atoms with van der Waals surface area (Å²) in [5, 5.41) is 6.72. The summed E-state index contributed by atoms with van der Waals surface area (Å²) in [5.41, 5.74) is 3.57. The quantitative estimate of drug-likeness (QED) is 0.224. The standard InChI is InChI=1S/C21H27N5.HI/c1-2-22-21(24-15-13-18-9-4-3-5-10-18)23-14-8-16-26-17-25-19-11-6-7-12-20(19)26;/h3-7,9-12,17H,2,8,13-16H2,1H3,(H2,22,23,24);1H. The zero-order chi connectivity index (χ0) is 18.0. The fourth-order valence-corrected chi connectivity index (χ4v) is 2.93. The van der Waals surface area contributed by atoms with E-state index in [1.165, 1.54) is 11.1 Å². The fraction of sp³-hybridized carbons (Fsp3) is 0.333. The Hall–Kier alpha value is -2.09. The zero-order valence-electron chi connectivity index (χ0n) is 15.8. The molecule has 6 heteroatoms. The molecule has 0 amide bonds. The van der Waals surface area contributed by atoms with Gasteiger partial charge >= 0.3 is 0 Å². The van der Waals surface area contributed by atoms with Crippen LogP contribution in [0.2, 0.25) is 0 Å². The Bertz CT molecular complexity index is 829. The Morgan fingerprint density at radius 2 is 1.81 bits per heavy atom. The molecular formula is C21H28IN5. The molecule has 1 aromatic heterocycles. The number of aromatic nitrogens is 2. The summed E-state index contributed by atoms with van der Waals surface area (Å²) in [5.74, 6) is 0.888.